The molecule has 0 bridgehead atoms. The number of furan rings is 1. The van der Waals surface area contributed by atoms with Gasteiger partial charge in [0, 0.05) is 23.2 Å². The third-order valence-corrected chi connectivity index (χ3v) is 5.64. The Bertz CT molecular complexity index is 911. The Hall–Kier alpha value is -2.42. The first-order chi connectivity index (χ1) is 13.7. The topological polar surface area (TPSA) is 71.3 Å². The van der Waals surface area contributed by atoms with Crippen LogP contribution in [0.5, 0.6) is 0 Å². The molecule has 0 radical (unpaired) electrons. The molecule has 7 heteroatoms. The first kappa shape index (κ1) is 18.9. The zero-order valence-electron chi connectivity index (χ0n) is 15.3. The van der Waals surface area contributed by atoms with Crippen LogP contribution >= 0.6 is 22.6 Å². The summed E-state index contributed by atoms with van der Waals surface area (Å²) in [5, 5.41) is 11.7. The maximum atomic E-state index is 12.6. The highest BCUT2D eigenvalue weighted by molar-refractivity contribution is 14.1. The number of nitrogens with zero attached hydrogens (tertiary/aromatic N) is 3. The van der Waals surface area contributed by atoms with E-state index in [0.29, 0.717) is 24.5 Å². The van der Waals surface area contributed by atoms with Gasteiger partial charge < -0.3 is 14.6 Å². The molecule has 0 aliphatic carbocycles. The molecule has 1 aliphatic rings. The molecule has 1 aromatic carbocycles. The zero-order chi connectivity index (χ0) is 19.3. The summed E-state index contributed by atoms with van der Waals surface area (Å²) in [4.78, 5) is 14.8. The molecule has 3 aromatic rings. The Labute approximate surface area is 177 Å². The van der Waals surface area contributed by atoms with Crippen LogP contribution in [0.25, 0.3) is 11.5 Å². The fourth-order valence-electron chi connectivity index (χ4n) is 3.38. The largest absolute Gasteiger partial charge is 0.463 e. The second-order valence-corrected chi connectivity index (χ2v) is 8.13. The van der Waals surface area contributed by atoms with Gasteiger partial charge in [0.05, 0.1) is 12.2 Å². The number of hydrogen-bond donors (Lipinski definition) is 1. The van der Waals surface area contributed by atoms with Gasteiger partial charge in [0.2, 0.25) is 5.91 Å². The summed E-state index contributed by atoms with van der Waals surface area (Å²) in [7, 11) is 0. The first-order valence-electron chi connectivity index (χ1n) is 9.34. The minimum Gasteiger partial charge on any atom is -0.463 e. The Morgan fingerprint density at radius 2 is 2.04 bits per heavy atom. The summed E-state index contributed by atoms with van der Waals surface area (Å²) >= 11 is 2.28. The number of hydrogen-bond acceptors (Lipinski definition) is 5. The van der Waals surface area contributed by atoms with Gasteiger partial charge in [-0.2, -0.15) is 0 Å². The van der Waals surface area contributed by atoms with Gasteiger partial charge in [-0.1, -0.05) is 12.1 Å². The maximum Gasteiger partial charge on any atom is 0.225 e. The molecule has 1 N–H and O–H groups in total. The van der Waals surface area contributed by atoms with Gasteiger partial charge in [-0.05, 0) is 77.4 Å². The minimum absolute atomic E-state index is 0.0378. The fourth-order valence-corrected chi connectivity index (χ4v) is 3.74. The van der Waals surface area contributed by atoms with Crippen molar-refractivity contribution in [3.63, 3.8) is 0 Å². The maximum absolute atomic E-state index is 12.6. The molecule has 6 nitrogen and oxygen atoms in total. The third kappa shape index (κ3) is 4.52. The molecule has 28 heavy (non-hydrogen) atoms. The molecule has 2 aromatic heterocycles. The highest BCUT2D eigenvalue weighted by Crippen LogP contribution is 2.23. The Kier molecular flexibility index (Phi) is 5.90. The van der Waals surface area contributed by atoms with Gasteiger partial charge in [-0.3, -0.25) is 4.79 Å². The molecule has 1 unspecified atom stereocenters. The number of aromatic nitrogens is 2. The predicted octanol–water partition coefficient (Wildman–Crippen LogP) is 3.87. The van der Waals surface area contributed by atoms with Crippen molar-refractivity contribution < 1.29 is 9.21 Å². The number of anilines is 1. The van der Waals surface area contributed by atoms with E-state index in [2.05, 4.69) is 55.1 Å². The molecule has 1 aliphatic heterocycles. The number of nitrogens with one attached hydrogen (secondary N) is 1. The van der Waals surface area contributed by atoms with Crippen LogP contribution < -0.4 is 10.2 Å². The molecule has 3 heterocycles. The minimum atomic E-state index is -0.0378. The van der Waals surface area contributed by atoms with E-state index in [-0.39, 0.29) is 11.8 Å². The molecular weight excluding hydrogens is 467 g/mol. The SMILES string of the molecule is O=C(NCc1ccc(I)cc1)C1CCCN(c2ccc(-c3ccco3)nn2)C1. The number of piperidine rings is 1. The average molecular weight is 488 g/mol. The monoisotopic (exact) mass is 488 g/mol. The van der Waals surface area contributed by atoms with Crippen LogP contribution in [0.4, 0.5) is 5.82 Å². The van der Waals surface area contributed by atoms with Crippen LogP contribution in [0.15, 0.2) is 59.2 Å². The van der Waals surface area contributed by atoms with Crippen LogP contribution in [0.3, 0.4) is 0 Å². The van der Waals surface area contributed by atoms with Crippen LogP contribution in [0, 0.1) is 9.49 Å². The van der Waals surface area contributed by atoms with Gasteiger partial charge in [0.15, 0.2) is 11.6 Å². The summed E-state index contributed by atoms with van der Waals surface area (Å²) < 4.78 is 6.54. The lowest BCUT2D eigenvalue weighted by molar-refractivity contribution is -0.125. The molecule has 1 amide bonds. The lowest BCUT2D eigenvalue weighted by Gasteiger charge is -2.32. The summed E-state index contributed by atoms with van der Waals surface area (Å²) in [6, 6.07) is 15.7. The molecule has 1 saturated heterocycles. The van der Waals surface area contributed by atoms with E-state index < -0.39 is 0 Å². The molecular formula is C21H21IN4O2. The molecule has 1 fully saturated rings. The van der Waals surface area contributed by atoms with Crippen LogP contribution in [-0.4, -0.2) is 29.2 Å². The first-order valence-corrected chi connectivity index (χ1v) is 10.4. The number of rotatable bonds is 5. The second kappa shape index (κ2) is 8.72. The van der Waals surface area contributed by atoms with Gasteiger partial charge >= 0.3 is 0 Å². The van der Waals surface area contributed by atoms with Crippen LogP contribution in [0.1, 0.15) is 18.4 Å². The highest BCUT2D eigenvalue weighted by atomic mass is 127. The normalized spacial score (nSPS) is 16.8. The predicted molar refractivity (Wildman–Crippen MR) is 116 cm³/mol. The lowest BCUT2D eigenvalue weighted by Crippen LogP contribution is -2.43. The van der Waals surface area contributed by atoms with Crippen molar-refractivity contribution in [2.45, 2.75) is 19.4 Å². The number of halogens is 1. The van der Waals surface area contributed by atoms with E-state index in [0.717, 1.165) is 30.8 Å². The van der Waals surface area contributed by atoms with Crippen LogP contribution in [0.2, 0.25) is 0 Å². The van der Waals surface area contributed by atoms with E-state index in [1.165, 1.54) is 3.57 Å². The van der Waals surface area contributed by atoms with E-state index in [1.807, 2.05) is 36.4 Å². The number of carbonyl (C=O) groups is 1. The van der Waals surface area contributed by atoms with Crippen molar-refractivity contribution in [3.05, 3.63) is 63.9 Å². The van der Waals surface area contributed by atoms with Crippen molar-refractivity contribution in [3.8, 4) is 11.5 Å². The summed E-state index contributed by atoms with van der Waals surface area (Å²) in [5.41, 5.74) is 1.82. The van der Waals surface area contributed by atoms with E-state index in [4.69, 9.17) is 4.42 Å². The summed E-state index contributed by atoms with van der Waals surface area (Å²) in [6.07, 6.45) is 3.48. The molecule has 0 spiro atoms. The molecule has 0 saturated carbocycles. The number of benzene rings is 1. The number of carbonyl (C=O) groups excluding carboxylic acids is 1. The summed E-state index contributed by atoms with van der Waals surface area (Å²) in [6.45, 7) is 2.10. The van der Waals surface area contributed by atoms with Crippen LogP contribution in [-0.2, 0) is 11.3 Å². The van der Waals surface area contributed by atoms with Crippen molar-refractivity contribution in [1.82, 2.24) is 15.5 Å². The van der Waals surface area contributed by atoms with E-state index in [9.17, 15) is 4.79 Å². The Morgan fingerprint density at radius 1 is 1.18 bits per heavy atom. The Morgan fingerprint density at radius 3 is 2.75 bits per heavy atom. The van der Waals surface area contributed by atoms with Gasteiger partial charge in [-0.15, -0.1) is 10.2 Å². The van der Waals surface area contributed by atoms with Crippen molar-refractivity contribution in [2.24, 2.45) is 5.92 Å². The smallest absolute Gasteiger partial charge is 0.225 e. The quantitative estimate of drug-likeness (QED) is 0.553. The van der Waals surface area contributed by atoms with Gasteiger partial charge in [0.25, 0.3) is 0 Å². The van der Waals surface area contributed by atoms with E-state index >= 15 is 0 Å². The number of amides is 1. The molecule has 144 valence electrons. The fraction of sp³-hybridized carbons (Fsp3) is 0.286. The lowest BCUT2D eigenvalue weighted by atomic mass is 9.97. The molecule has 4 rings (SSSR count). The third-order valence-electron chi connectivity index (χ3n) is 4.92. The highest BCUT2D eigenvalue weighted by Gasteiger charge is 2.26. The standard InChI is InChI=1S/C21H21IN4O2/c22-17-7-5-15(6-8-17)13-23-21(27)16-3-1-11-26(14-16)20-10-9-18(24-25-20)19-4-2-12-28-19/h2,4-10,12,16H,1,3,11,13-14H2,(H,23,27). The average Bonchev–Trinajstić information content (AvgIpc) is 3.28. The second-order valence-electron chi connectivity index (χ2n) is 6.88. The Balaban J connectivity index is 1.35. The van der Waals surface area contributed by atoms with E-state index in [1.54, 1.807) is 6.26 Å². The zero-order valence-corrected chi connectivity index (χ0v) is 17.5. The van der Waals surface area contributed by atoms with Gasteiger partial charge in [0.1, 0.15) is 5.69 Å². The van der Waals surface area contributed by atoms with Crippen molar-refractivity contribution >= 4 is 34.3 Å². The summed E-state index contributed by atoms with van der Waals surface area (Å²) in [5.74, 6) is 1.56. The van der Waals surface area contributed by atoms with Gasteiger partial charge in [-0.25, -0.2) is 0 Å². The van der Waals surface area contributed by atoms with Crippen molar-refractivity contribution in [1.29, 1.82) is 0 Å². The molecule has 1 atom stereocenters. The van der Waals surface area contributed by atoms with Crippen molar-refractivity contribution in [2.75, 3.05) is 18.0 Å².